The van der Waals surface area contributed by atoms with Gasteiger partial charge in [-0.3, -0.25) is 4.79 Å². The van der Waals surface area contributed by atoms with Gasteiger partial charge in [0.25, 0.3) is 0 Å². The Morgan fingerprint density at radius 3 is 2.73 bits per heavy atom. The first-order valence-electron chi connectivity index (χ1n) is 8.63. The van der Waals surface area contributed by atoms with E-state index < -0.39 is 11.7 Å². The second kappa shape index (κ2) is 8.42. The maximum absolute atomic E-state index is 12.9. The number of benzene rings is 1. The number of rotatable bonds is 4. The molecule has 2 rings (SSSR count). The number of nitrogens with zero attached hydrogens (tertiary/aromatic N) is 3. The van der Waals surface area contributed by atoms with Gasteiger partial charge in [0, 0.05) is 39.6 Å². The largest absolute Gasteiger partial charge is 0.416 e. The van der Waals surface area contributed by atoms with Gasteiger partial charge in [-0.2, -0.15) is 13.2 Å². The lowest BCUT2D eigenvalue weighted by Gasteiger charge is -2.22. The first-order chi connectivity index (χ1) is 12.2. The molecule has 1 heterocycles. The van der Waals surface area contributed by atoms with Crippen LogP contribution in [-0.4, -0.2) is 61.9 Å². The molecule has 1 saturated heterocycles. The SMILES string of the molecule is CCNC(=NCC(=O)N(C)C)N1CCC(c2cccc(C(F)(F)F)c2)C1. The molecule has 0 spiro atoms. The third-order valence-corrected chi connectivity index (χ3v) is 4.37. The third kappa shape index (κ3) is 5.12. The molecule has 1 unspecified atom stereocenters. The number of halogens is 3. The van der Waals surface area contributed by atoms with Crippen LogP contribution in [-0.2, 0) is 11.0 Å². The summed E-state index contributed by atoms with van der Waals surface area (Å²) in [4.78, 5) is 19.6. The number of likely N-dealkylation sites (N-methyl/N-ethyl adjacent to an activating group) is 1. The van der Waals surface area contributed by atoms with Gasteiger partial charge in [-0.05, 0) is 25.0 Å². The van der Waals surface area contributed by atoms with Crippen molar-refractivity contribution in [3.63, 3.8) is 0 Å². The van der Waals surface area contributed by atoms with Crippen LogP contribution in [0.1, 0.15) is 30.4 Å². The lowest BCUT2D eigenvalue weighted by molar-refractivity contribution is -0.137. The van der Waals surface area contributed by atoms with Gasteiger partial charge >= 0.3 is 6.18 Å². The highest BCUT2D eigenvalue weighted by Crippen LogP contribution is 2.33. The van der Waals surface area contributed by atoms with E-state index in [9.17, 15) is 18.0 Å². The zero-order valence-corrected chi connectivity index (χ0v) is 15.3. The van der Waals surface area contributed by atoms with E-state index in [4.69, 9.17) is 0 Å². The number of likely N-dealkylation sites (tertiary alicyclic amines) is 1. The van der Waals surface area contributed by atoms with Crippen LogP contribution < -0.4 is 5.32 Å². The second-order valence-corrected chi connectivity index (χ2v) is 6.51. The van der Waals surface area contributed by atoms with Gasteiger partial charge in [0.2, 0.25) is 5.91 Å². The molecule has 0 aliphatic carbocycles. The highest BCUT2D eigenvalue weighted by molar-refractivity contribution is 5.85. The van der Waals surface area contributed by atoms with E-state index in [1.807, 2.05) is 11.8 Å². The van der Waals surface area contributed by atoms with Crippen LogP contribution in [0.2, 0.25) is 0 Å². The van der Waals surface area contributed by atoms with Gasteiger partial charge in [-0.15, -0.1) is 0 Å². The molecule has 1 aliphatic heterocycles. The van der Waals surface area contributed by atoms with Crippen LogP contribution in [0.4, 0.5) is 13.2 Å². The van der Waals surface area contributed by atoms with Crippen molar-refractivity contribution in [3.8, 4) is 0 Å². The molecule has 26 heavy (non-hydrogen) atoms. The smallest absolute Gasteiger partial charge is 0.357 e. The maximum Gasteiger partial charge on any atom is 0.416 e. The average Bonchev–Trinajstić information content (AvgIpc) is 3.07. The molecule has 0 radical (unpaired) electrons. The van der Waals surface area contributed by atoms with Crippen LogP contribution >= 0.6 is 0 Å². The van der Waals surface area contributed by atoms with Gasteiger partial charge in [0.15, 0.2) is 5.96 Å². The summed E-state index contributed by atoms with van der Waals surface area (Å²) in [6.07, 6.45) is -3.59. The van der Waals surface area contributed by atoms with Crippen molar-refractivity contribution in [2.24, 2.45) is 4.99 Å². The van der Waals surface area contributed by atoms with Crippen molar-refractivity contribution in [2.45, 2.75) is 25.4 Å². The molecule has 0 saturated carbocycles. The van der Waals surface area contributed by atoms with Crippen molar-refractivity contribution < 1.29 is 18.0 Å². The Kier molecular flexibility index (Phi) is 6.50. The molecule has 0 aromatic heterocycles. The van der Waals surface area contributed by atoms with Crippen LogP contribution in [0.3, 0.4) is 0 Å². The van der Waals surface area contributed by atoms with Crippen molar-refractivity contribution in [1.82, 2.24) is 15.1 Å². The van der Waals surface area contributed by atoms with Crippen molar-refractivity contribution in [1.29, 1.82) is 0 Å². The minimum absolute atomic E-state index is 0.00528. The summed E-state index contributed by atoms with van der Waals surface area (Å²) < 4.78 is 38.8. The first-order valence-corrected chi connectivity index (χ1v) is 8.63. The summed E-state index contributed by atoms with van der Waals surface area (Å²) in [5.74, 6) is 0.525. The summed E-state index contributed by atoms with van der Waals surface area (Å²) >= 11 is 0. The van der Waals surface area contributed by atoms with E-state index in [0.717, 1.165) is 12.5 Å². The van der Waals surface area contributed by atoms with Gasteiger partial charge in [-0.1, -0.05) is 18.2 Å². The molecule has 1 aromatic carbocycles. The fourth-order valence-corrected chi connectivity index (χ4v) is 2.90. The van der Waals surface area contributed by atoms with Crippen molar-refractivity contribution >= 4 is 11.9 Å². The van der Waals surface area contributed by atoms with E-state index in [1.165, 1.54) is 17.0 Å². The molecule has 1 N–H and O–H groups in total. The van der Waals surface area contributed by atoms with Crippen LogP contribution in [0.5, 0.6) is 0 Å². The zero-order valence-electron chi connectivity index (χ0n) is 15.3. The number of carbonyl (C=O) groups is 1. The number of aliphatic imine (C=N–C) groups is 1. The Bertz CT molecular complexity index is 658. The van der Waals surface area contributed by atoms with E-state index >= 15 is 0 Å². The fourth-order valence-electron chi connectivity index (χ4n) is 2.90. The molecule has 1 aromatic rings. The second-order valence-electron chi connectivity index (χ2n) is 6.51. The predicted molar refractivity (Wildman–Crippen MR) is 95.0 cm³/mol. The van der Waals surface area contributed by atoms with E-state index in [1.54, 1.807) is 20.2 Å². The Morgan fingerprint density at radius 2 is 2.12 bits per heavy atom. The molecule has 1 atom stereocenters. The lowest BCUT2D eigenvalue weighted by atomic mass is 9.96. The maximum atomic E-state index is 12.9. The number of alkyl halides is 3. The number of carbonyl (C=O) groups excluding carboxylic acids is 1. The highest BCUT2D eigenvalue weighted by atomic mass is 19.4. The molecule has 8 heteroatoms. The quantitative estimate of drug-likeness (QED) is 0.655. The first kappa shape index (κ1) is 20.1. The topological polar surface area (TPSA) is 47.9 Å². The highest BCUT2D eigenvalue weighted by Gasteiger charge is 2.32. The Hall–Kier alpha value is -2.25. The summed E-state index contributed by atoms with van der Waals surface area (Å²) in [6.45, 7) is 3.88. The van der Waals surface area contributed by atoms with Crippen molar-refractivity contribution in [3.05, 3.63) is 35.4 Å². The number of hydrogen-bond donors (Lipinski definition) is 1. The lowest BCUT2D eigenvalue weighted by Crippen LogP contribution is -2.40. The summed E-state index contributed by atoms with van der Waals surface area (Å²) in [5.41, 5.74) is 0.0631. The molecule has 1 fully saturated rings. The number of guanidine groups is 1. The number of amides is 1. The van der Waals surface area contributed by atoms with Crippen LogP contribution in [0.15, 0.2) is 29.3 Å². The van der Waals surface area contributed by atoms with Gasteiger partial charge in [-0.25, -0.2) is 4.99 Å². The Morgan fingerprint density at radius 1 is 1.38 bits per heavy atom. The average molecular weight is 370 g/mol. The third-order valence-electron chi connectivity index (χ3n) is 4.37. The molecule has 144 valence electrons. The molecular formula is C18H25F3N4O. The Labute approximate surface area is 151 Å². The molecular weight excluding hydrogens is 345 g/mol. The fraction of sp³-hybridized carbons (Fsp3) is 0.556. The Balaban J connectivity index is 2.10. The van der Waals surface area contributed by atoms with Gasteiger partial charge in [0.05, 0.1) is 5.56 Å². The summed E-state index contributed by atoms with van der Waals surface area (Å²) in [5, 5.41) is 3.15. The molecule has 1 amide bonds. The minimum atomic E-state index is -4.34. The minimum Gasteiger partial charge on any atom is -0.357 e. The van der Waals surface area contributed by atoms with Gasteiger partial charge < -0.3 is 15.1 Å². The molecule has 0 bridgehead atoms. The number of nitrogens with one attached hydrogen (secondary N) is 1. The zero-order chi connectivity index (χ0) is 19.3. The van der Waals surface area contributed by atoms with Crippen molar-refractivity contribution in [2.75, 3.05) is 40.3 Å². The number of hydrogen-bond acceptors (Lipinski definition) is 2. The summed E-state index contributed by atoms with van der Waals surface area (Å²) in [7, 11) is 3.34. The van der Waals surface area contributed by atoms with E-state index in [0.29, 0.717) is 31.2 Å². The standard InChI is InChI=1S/C18H25F3N4O/c1-4-22-17(23-11-16(26)24(2)3)25-9-8-14(12-25)13-6-5-7-15(10-13)18(19,20)21/h5-7,10,14H,4,8-9,11-12H2,1-3H3,(H,22,23). The predicted octanol–water partition coefficient (Wildman–Crippen LogP) is 2.55. The monoisotopic (exact) mass is 370 g/mol. The normalized spacial score (nSPS) is 18.2. The van der Waals surface area contributed by atoms with E-state index in [2.05, 4.69) is 10.3 Å². The molecule has 1 aliphatic rings. The summed E-state index contributed by atoms with van der Waals surface area (Å²) in [6, 6.07) is 5.52. The van der Waals surface area contributed by atoms with Crippen LogP contribution in [0.25, 0.3) is 0 Å². The van der Waals surface area contributed by atoms with E-state index in [-0.39, 0.29) is 18.4 Å². The molecule has 5 nitrogen and oxygen atoms in total. The van der Waals surface area contributed by atoms with Gasteiger partial charge in [0.1, 0.15) is 6.54 Å². The van der Waals surface area contributed by atoms with Crippen LogP contribution in [0, 0.1) is 0 Å².